The van der Waals surface area contributed by atoms with Crippen molar-refractivity contribution in [1.82, 2.24) is 4.90 Å². The summed E-state index contributed by atoms with van der Waals surface area (Å²) in [7, 11) is 2.02. The molecule has 3 nitrogen and oxygen atoms in total. The van der Waals surface area contributed by atoms with E-state index < -0.39 is 0 Å². The van der Waals surface area contributed by atoms with Crippen LogP contribution in [-0.4, -0.2) is 36.2 Å². The Hall–Kier alpha value is -1.78. The summed E-state index contributed by atoms with van der Waals surface area (Å²) < 4.78 is 0. The van der Waals surface area contributed by atoms with Crippen molar-refractivity contribution >= 4 is 23.4 Å². The van der Waals surface area contributed by atoms with E-state index in [1.807, 2.05) is 29.8 Å². The molecule has 2 aromatic carbocycles. The molecule has 3 rings (SSSR count). The smallest absolute Gasteiger partial charge is 0.241 e. The molecule has 0 spiro atoms. The molecular weight excluding hydrogens is 328 g/mol. The van der Waals surface area contributed by atoms with E-state index in [0.717, 1.165) is 25.2 Å². The molecule has 2 aromatic rings. The SMILES string of the molecule is Cc1ccccc1CN(C)CC(=O)N1CCC(C)Sc2ccccc21. The molecule has 0 aliphatic carbocycles. The molecular formula is C21H26N2OS. The minimum Gasteiger partial charge on any atom is -0.310 e. The van der Waals surface area contributed by atoms with E-state index in [-0.39, 0.29) is 5.91 Å². The number of hydrogen-bond acceptors (Lipinski definition) is 3. The van der Waals surface area contributed by atoms with Crippen LogP contribution in [0, 0.1) is 6.92 Å². The second-order valence-corrected chi connectivity index (χ2v) is 8.31. The van der Waals surface area contributed by atoms with Crippen molar-refractivity contribution in [3.8, 4) is 0 Å². The Morgan fingerprint density at radius 3 is 2.72 bits per heavy atom. The first-order chi connectivity index (χ1) is 12.0. The molecule has 132 valence electrons. The van der Waals surface area contributed by atoms with Gasteiger partial charge in [0, 0.05) is 23.2 Å². The van der Waals surface area contributed by atoms with Gasteiger partial charge in [0.25, 0.3) is 0 Å². The maximum absolute atomic E-state index is 13.0. The summed E-state index contributed by atoms with van der Waals surface area (Å²) in [6, 6.07) is 16.6. The van der Waals surface area contributed by atoms with Crippen LogP contribution < -0.4 is 4.90 Å². The van der Waals surface area contributed by atoms with E-state index in [1.54, 1.807) is 0 Å². The number of rotatable bonds is 4. The van der Waals surface area contributed by atoms with Crippen LogP contribution in [0.5, 0.6) is 0 Å². The molecule has 1 aliphatic heterocycles. The molecule has 0 fully saturated rings. The molecule has 1 atom stereocenters. The topological polar surface area (TPSA) is 23.6 Å². The Bertz CT molecular complexity index is 746. The number of aryl methyl sites for hydroxylation is 1. The summed E-state index contributed by atoms with van der Waals surface area (Å²) >= 11 is 1.87. The number of likely N-dealkylation sites (N-methyl/N-ethyl adjacent to an activating group) is 1. The number of hydrogen-bond donors (Lipinski definition) is 0. The molecule has 0 N–H and O–H groups in total. The summed E-state index contributed by atoms with van der Waals surface area (Å²) in [5.41, 5.74) is 3.61. The fraction of sp³-hybridized carbons (Fsp3) is 0.381. The van der Waals surface area contributed by atoms with Gasteiger partial charge in [-0.2, -0.15) is 0 Å². The minimum absolute atomic E-state index is 0.179. The van der Waals surface area contributed by atoms with Gasteiger partial charge in [-0.05, 0) is 43.7 Å². The third-order valence-corrected chi connectivity index (χ3v) is 5.89. The minimum atomic E-state index is 0.179. The second kappa shape index (κ2) is 8.07. The third kappa shape index (κ3) is 4.44. The monoisotopic (exact) mass is 354 g/mol. The number of carbonyl (C=O) groups excluding carboxylic acids is 1. The average molecular weight is 355 g/mol. The van der Waals surface area contributed by atoms with Crippen LogP contribution in [0.2, 0.25) is 0 Å². The van der Waals surface area contributed by atoms with E-state index in [0.29, 0.717) is 11.8 Å². The lowest BCUT2D eigenvalue weighted by Crippen LogP contribution is -2.39. The normalized spacial score (nSPS) is 17.3. The van der Waals surface area contributed by atoms with Gasteiger partial charge < -0.3 is 4.90 Å². The van der Waals surface area contributed by atoms with E-state index in [9.17, 15) is 4.79 Å². The molecule has 0 radical (unpaired) electrons. The van der Waals surface area contributed by atoms with E-state index in [2.05, 4.69) is 61.2 Å². The lowest BCUT2D eigenvalue weighted by atomic mass is 10.1. The van der Waals surface area contributed by atoms with E-state index in [4.69, 9.17) is 0 Å². The fourth-order valence-electron chi connectivity index (χ4n) is 3.20. The molecule has 0 saturated heterocycles. The van der Waals surface area contributed by atoms with Crippen molar-refractivity contribution < 1.29 is 4.79 Å². The van der Waals surface area contributed by atoms with E-state index >= 15 is 0 Å². The third-order valence-electron chi connectivity index (χ3n) is 4.65. The predicted molar refractivity (Wildman–Crippen MR) is 106 cm³/mol. The summed E-state index contributed by atoms with van der Waals surface area (Å²) in [6.45, 7) is 6.37. The first-order valence-electron chi connectivity index (χ1n) is 8.83. The highest BCUT2D eigenvalue weighted by Crippen LogP contribution is 2.37. The van der Waals surface area contributed by atoms with Gasteiger partial charge in [-0.15, -0.1) is 11.8 Å². The molecule has 0 saturated carbocycles. The molecule has 1 unspecified atom stereocenters. The average Bonchev–Trinajstić information content (AvgIpc) is 2.75. The first-order valence-corrected chi connectivity index (χ1v) is 9.71. The van der Waals surface area contributed by atoms with Crippen molar-refractivity contribution in [2.75, 3.05) is 25.0 Å². The van der Waals surface area contributed by atoms with Gasteiger partial charge in [0.2, 0.25) is 5.91 Å². The van der Waals surface area contributed by atoms with Crippen molar-refractivity contribution in [2.45, 2.75) is 37.0 Å². The highest BCUT2D eigenvalue weighted by molar-refractivity contribution is 8.00. The Kier molecular flexibility index (Phi) is 5.82. The Balaban J connectivity index is 1.71. The van der Waals surface area contributed by atoms with Crippen molar-refractivity contribution in [2.24, 2.45) is 0 Å². The highest BCUT2D eigenvalue weighted by atomic mass is 32.2. The Morgan fingerprint density at radius 1 is 1.20 bits per heavy atom. The molecule has 1 aliphatic rings. The number of para-hydroxylation sites is 1. The Labute approximate surface area is 155 Å². The molecule has 0 aromatic heterocycles. The van der Waals surface area contributed by atoms with Gasteiger partial charge in [-0.25, -0.2) is 0 Å². The number of nitrogens with zero attached hydrogens (tertiary/aromatic N) is 2. The molecule has 4 heteroatoms. The second-order valence-electron chi connectivity index (χ2n) is 6.83. The van der Waals surface area contributed by atoms with Gasteiger partial charge in [-0.3, -0.25) is 9.69 Å². The van der Waals surface area contributed by atoms with Crippen molar-refractivity contribution in [3.63, 3.8) is 0 Å². The first kappa shape index (κ1) is 18.0. The van der Waals surface area contributed by atoms with Crippen LogP contribution in [0.4, 0.5) is 5.69 Å². The van der Waals surface area contributed by atoms with Gasteiger partial charge in [0.1, 0.15) is 0 Å². The summed E-state index contributed by atoms with van der Waals surface area (Å²) in [5, 5.41) is 0.531. The largest absolute Gasteiger partial charge is 0.310 e. The quantitative estimate of drug-likeness (QED) is 0.816. The van der Waals surface area contributed by atoms with Gasteiger partial charge >= 0.3 is 0 Å². The van der Waals surface area contributed by atoms with Gasteiger partial charge in [0.15, 0.2) is 0 Å². The summed E-state index contributed by atoms with van der Waals surface area (Å²) in [5.74, 6) is 0.179. The van der Waals surface area contributed by atoms with Crippen LogP contribution in [0.25, 0.3) is 0 Å². The maximum Gasteiger partial charge on any atom is 0.241 e. The molecule has 0 bridgehead atoms. The van der Waals surface area contributed by atoms with Crippen molar-refractivity contribution in [1.29, 1.82) is 0 Å². The van der Waals surface area contributed by atoms with E-state index in [1.165, 1.54) is 16.0 Å². The van der Waals surface area contributed by atoms with Crippen LogP contribution >= 0.6 is 11.8 Å². The lowest BCUT2D eigenvalue weighted by Gasteiger charge is -2.25. The summed E-state index contributed by atoms with van der Waals surface area (Å²) in [6.07, 6.45) is 1.02. The highest BCUT2D eigenvalue weighted by Gasteiger charge is 2.24. The number of fused-ring (bicyclic) bond motifs is 1. The Morgan fingerprint density at radius 2 is 1.92 bits per heavy atom. The van der Waals surface area contributed by atoms with Gasteiger partial charge in [-0.1, -0.05) is 43.3 Å². The number of anilines is 1. The fourth-order valence-corrected chi connectivity index (χ4v) is 4.31. The number of amides is 1. The van der Waals surface area contributed by atoms with Crippen LogP contribution in [0.15, 0.2) is 53.4 Å². The molecule has 25 heavy (non-hydrogen) atoms. The lowest BCUT2D eigenvalue weighted by molar-refractivity contribution is -0.119. The number of carbonyl (C=O) groups is 1. The number of thioether (sulfide) groups is 1. The zero-order valence-corrected chi connectivity index (χ0v) is 16.1. The van der Waals surface area contributed by atoms with Gasteiger partial charge in [0.05, 0.1) is 12.2 Å². The zero-order chi connectivity index (χ0) is 17.8. The standard InChI is InChI=1S/C21H26N2OS/c1-16-8-4-5-9-18(16)14-22(3)15-21(24)23-13-12-17(2)25-20-11-7-6-10-19(20)23/h4-11,17H,12-15H2,1-3H3. The zero-order valence-electron chi connectivity index (χ0n) is 15.2. The van der Waals surface area contributed by atoms with Crippen LogP contribution in [0.3, 0.4) is 0 Å². The van der Waals surface area contributed by atoms with Crippen LogP contribution in [0.1, 0.15) is 24.5 Å². The molecule has 1 heterocycles. The summed E-state index contributed by atoms with van der Waals surface area (Å²) in [4.78, 5) is 18.3. The maximum atomic E-state index is 13.0. The number of benzene rings is 2. The van der Waals surface area contributed by atoms with Crippen LogP contribution in [-0.2, 0) is 11.3 Å². The predicted octanol–water partition coefficient (Wildman–Crippen LogP) is 4.34. The molecule has 1 amide bonds. The van der Waals surface area contributed by atoms with Crippen molar-refractivity contribution in [3.05, 3.63) is 59.7 Å².